The van der Waals surface area contributed by atoms with E-state index in [0.29, 0.717) is 12.8 Å². The van der Waals surface area contributed by atoms with Gasteiger partial charge in [0, 0.05) is 6.42 Å². The van der Waals surface area contributed by atoms with E-state index in [-0.39, 0.29) is 5.24 Å². The van der Waals surface area contributed by atoms with Crippen molar-refractivity contribution in [1.29, 1.82) is 0 Å². The fourth-order valence-corrected chi connectivity index (χ4v) is 1.63. The van der Waals surface area contributed by atoms with Gasteiger partial charge < -0.3 is 9.47 Å². The van der Waals surface area contributed by atoms with Crippen LogP contribution in [0.3, 0.4) is 0 Å². The Morgan fingerprint density at radius 2 is 2.06 bits per heavy atom. The molecule has 88 valence electrons. The molecule has 0 saturated heterocycles. The number of rotatable bonds is 6. The molecule has 0 aliphatic carbocycles. The van der Waals surface area contributed by atoms with Crippen molar-refractivity contribution in [2.45, 2.75) is 19.3 Å². The zero-order valence-corrected chi connectivity index (χ0v) is 10.2. The molecule has 0 bridgehead atoms. The number of aryl methyl sites for hydroxylation is 1. The molecular weight excluding hydrogens is 228 g/mol. The number of benzene rings is 1. The van der Waals surface area contributed by atoms with Crippen molar-refractivity contribution in [1.82, 2.24) is 0 Å². The summed E-state index contributed by atoms with van der Waals surface area (Å²) >= 11 is 5.28. The molecule has 0 spiro atoms. The minimum Gasteiger partial charge on any atom is -0.497 e. The smallest absolute Gasteiger partial charge is 0.221 e. The minimum absolute atomic E-state index is 0.304. The van der Waals surface area contributed by atoms with E-state index in [1.165, 1.54) is 0 Å². The lowest BCUT2D eigenvalue weighted by Crippen LogP contribution is -1.95. The molecule has 0 amide bonds. The van der Waals surface area contributed by atoms with Crippen LogP contribution >= 0.6 is 11.6 Å². The second-order valence-electron chi connectivity index (χ2n) is 3.39. The fraction of sp³-hybridized carbons (Fsp3) is 0.417. The number of hydrogen-bond acceptors (Lipinski definition) is 3. The molecule has 3 nitrogen and oxygen atoms in total. The monoisotopic (exact) mass is 242 g/mol. The second kappa shape index (κ2) is 6.38. The summed E-state index contributed by atoms with van der Waals surface area (Å²) in [5.74, 6) is 1.59. The maximum Gasteiger partial charge on any atom is 0.221 e. The minimum atomic E-state index is -0.304. The Morgan fingerprint density at radius 3 is 2.62 bits per heavy atom. The van der Waals surface area contributed by atoms with Crippen molar-refractivity contribution < 1.29 is 14.3 Å². The third-order valence-electron chi connectivity index (χ3n) is 2.31. The zero-order chi connectivity index (χ0) is 12.0. The van der Waals surface area contributed by atoms with Gasteiger partial charge in [0.1, 0.15) is 11.5 Å². The lowest BCUT2D eigenvalue weighted by molar-refractivity contribution is -0.111. The molecule has 0 aliphatic rings. The molecule has 1 aromatic rings. The van der Waals surface area contributed by atoms with E-state index in [1.54, 1.807) is 14.2 Å². The molecule has 16 heavy (non-hydrogen) atoms. The van der Waals surface area contributed by atoms with Crippen molar-refractivity contribution in [2.75, 3.05) is 14.2 Å². The van der Waals surface area contributed by atoms with Gasteiger partial charge in [-0.3, -0.25) is 4.79 Å². The zero-order valence-electron chi connectivity index (χ0n) is 9.46. The predicted octanol–water partition coefficient (Wildman–Crippen LogP) is 2.79. The largest absolute Gasteiger partial charge is 0.497 e. The van der Waals surface area contributed by atoms with Crippen molar-refractivity contribution in [3.05, 3.63) is 23.8 Å². The molecule has 1 rings (SSSR count). The summed E-state index contributed by atoms with van der Waals surface area (Å²) in [6.07, 6.45) is 1.84. The van der Waals surface area contributed by atoms with E-state index in [2.05, 4.69) is 0 Å². The molecule has 0 radical (unpaired) electrons. The van der Waals surface area contributed by atoms with Crippen LogP contribution in [0.1, 0.15) is 18.4 Å². The van der Waals surface area contributed by atoms with Crippen LogP contribution in [-0.4, -0.2) is 19.5 Å². The summed E-state index contributed by atoms with van der Waals surface area (Å²) in [5.41, 5.74) is 1.03. The predicted molar refractivity (Wildman–Crippen MR) is 63.3 cm³/mol. The molecule has 0 aromatic heterocycles. The highest BCUT2D eigenvalue weighted by Crippen LogP contribution is 2.25. The summed E-state index contributed by atoms with van der Waals surface area (Å²) < 4.78 is 10.4. The fourth-order valence-electron chi connectivity index (χ4n) is 1.50. The highest BCUT2D eigenvalue weighted by atomic mass is 35.5. The van der Waals surface area contributed by atoms with Crippen LogP contribution in [0.2, 0.25) is 0 Å². The maximum absolute atomic E-state index is 10.6. The Labute approximate surface area is 100 Å². The van der Waals surface area contributed by atoms with Crippen molar-refractivity contribution in [2.24, 2.45) is 0 Å². The Hall–Kier alpha value is -1.22. The van der Waals surface area contributed by atoms with Crippen molar-refractivity contribution in [3.8, 4) is 11.5 Å². The summed E-state index contributed by atoms with van der Waals surface area (Å²) in [7, 11) is 3.24. The molecule has 0 atom stereocenters. The molecule has 0 heterocycles. The number of hydrogen-bond donors (Lipinski definition) is 0. The SMILES string of the molecule is COc1ccc(OC)c(CCCC(=O)Cl)c1. The molecule has 0 aliphatic heterocycles. The molecule has 4 heteroatoms. The first-order valence-corrected chi connectivity index (χ1v) is 5.44. The topological polar surface area (TPSA) is 35.5 Å². The van der Waals surface area contributed by atoms with Crippen LogP contribution < -0.4 is 9.47 Å². The average Bonchev–Trinajstić information content (AvgIpc) is 2.28. The molecule has 1 aromatic carbocycles. The Kier molecular flexibility index (Phi) is 5.12. The van der Waals surface area contributed by atoms with Crippen LogP contribution in [0.15, 0.2) is 18.2 Å². The van der Waals surface area contributed by atoms with Crippen LogP contribution in [0.5, 0.6) is 11.5 Å². The summed E-state index contributed by atoms with van der Waals surface area (Å²) in [5, 5.41) is -0.304. The lowest BCUT2D eigenvalue weighted by Gasteiger charge is -2.09. The molecule has 0 N–H and O–H groups in total. The summed E-state index contributed by atoms with van der Waals surface area (Å²) in [6.45, 7) is 0. The van der Waals surface area contributed by atoms with Gasteiger partial charge in [-0.15, -0.1) is 0 Å². The van der Waals surface area contributed by atoms with Gasteiger partial charge in [-0.2, -0.15) is 0 Å². The number of carbonyl (C=O) groups is 1. The first kappa shape index (κ1) is 12.8. The standard InChI is InChI=1S/C12H15ClO3/c1-15-10-6-7-11(16-2)9(8-10)4-3-5-12(13)14/h6-8H,3-5H2,1-2H3. The number of halogens is 1. The number of carbonyl (C=O) groups excluding carboxylic acids is 1. The third kappa shape index (κ3) is 3.74. The average molecular weight is 243 g/mol. The molecule has 0 unspecified atom stereocenters. The maximum atomic E-state index is 10.6. The van der Waals surface area contributed by atoms with Gasteiger partial charge in [-0.1, -0.05) is 0 Å². The normalized spacial score (nSPS) is 9.94. The van der Waals surface area contributed by atoms with Crippen LogP contribution in [0, 0.1) is 0 Å². The molecule has 0 fully saturated rings. The van der Waals surface area contributed by atoms with Gasteiger partial charge in [-0.05, 0) is 48.2 Å². The highest BCUT2D eigenvalue weighted by molar-refractivity contribution is 6.63. The number of ether oxygens (including phenoxy) is 2. The van der Waals surface area contributed by atoms with Crippen LogP contribution in [0.25, 0.3) is 0 Å². The first-order valence-electron chi connectivity index (χ1n) is 5.06. The third-order valence-corrected chi connectivity index (χ3v) is 2.50. The van der Waals surface area contributed by atoms with E-state index in [1.807, 2.05) is 18.2 Å². The van der Waals surface area contributed by atoms with E-state index in [0.717, 1.165) is 23.5 Å². The van der Waals surface area contributed by atoms with E-state index in [9.17, 15) is 4.79 Å². The van der Waals surface area contributed by atoms with Crippen LogP contribution in [-0.2, 0) is 11.2 Å². The second-order valence-corrected chi connectivity index (χ2v) is 3.81. The lowest BCUT2D eigenvalue weighted by atomic mass is 10.1. The molecular formula is C12H15ClO3. The van der Waals surface area contributed by atoms with Gasteiger partial charge in [0.05, 0.1) is 14.2 Å². The van der Waals surface area contributed by atoms with E-state index < -0.39 is 0 Å². The van der Waals surface area contributed by atoms with E-state index >= 15 is 0 Å². The highest BCUT2D eigenvalue weighted by Gasteiger charge is 2.05. The Morgan fingerprint density at radius 1 is 1.31 bits per heavy atom. The Bertz CT molecular complexity index is 363. The van der Waals surface area contributed by atoms with Gasteiger partial charge in [0.25, 0.3) is 0 Å². The quantitative estimate of drug-likeness (QED) is 0.720. The first-order chi connectivity index (χ1) is 7.67. The summed E-state index contributed by atoms with van der Waals surface area (Å²) in [6, 6.07) is 5.61. The Balaban J connectivity index is 2.71. The van der Waals surface area contributed by atoms with Gasteiger partial charge in [0.15, 0.2) is 0 Å². The van der Waals surface area contributed by atoms with Crippen molar-refractivity contribution >= 4 is 16.8 Å². The summed E-state index contributed by atoms with van der Waals surface area (Å²) in [4.78, 5) is 10.6. The van der Waals surface area contributed by atoms with Crippen LogP contribution in [0.4, 0.5) is 0 Å². The molecule has 0 saturated carbocycles. The number of methoxy groups -OCH3 is 2. The van der Waals surface area contributed by atoms with Gasteiger partial charge >= 0.3 is 0 Å². The van der Waals surface area contributed by atoms with Crippen molar-refractivity contribution in [3.63, 3.8) is 0 Å². The van der Waals surface area contributed by atoms with Gasteiger partial charge in [0.2, 0.25) is 5.24 Å². The van der Waals surface area contributed by atoms with E-state index in [4.69, 9.17) is 21.1 Å². The van der Waals surface area contributed by atoms with Gasteiger partial charge in [-0.25, -0.2) is 0 Å².